The molecule has 3 aromatic carbocycles. The standard InChI is InChI=1S/C19H15ClN2O3S/c20-17-8-4-5-9-18(17)22-26(24,25)16-12-10-14(11-13-16)19(23)21-15-6-2-1-3-7-15/h1-13,22H,(H,21,23). The number of nitrogens with one attached hydrogen (secondary N) is 2. The Kier molecular flexibility index (Phi) is 5.25. The van der Waals surface area contributed by atoms with Crippen LogP contribution in [0.5, 0.6) is 0 Å². The predicted molar refractivity (Wildman–Crippen MR) is 103 cm³/mol. The lowest BCUT2D eigenvalue weighted by Crippen LogP contribution is -2.15. The lowest BCUT2D eigenvalue weighted by Gasteiger charge is -2.10. The van der Waals surface area contributed by atoms with E-state index in [9.17, 15) is 13.2 Å². The number of amides is 1. The number of hydrogen-bond donors (Lipinski definition) is 2. The summed E-state index contributed by atoms with van der Waals surface area (Å²) in [7, 11) is -3.80. The van der Waals surface area contributed by atoms with Gasteiger partial charge < -0.3 is 5.32 Å². The van der Waals surface area contributed by atoms with Crippen LogP contribution in [0.15, 0.2) is 83.8 Å². The van der Waals surface area contributed by atoms with Gasteiger partial charge in [-0.1, -0.05) is 41.9 Å². The minimum absolute atomic E-state index is 0.0358. The average Bonchev–Trinajstić information content (AvgIpc) is 2.64. The van der Waals surface area contributed by atoms with Gasteiger partial charge >= 0.3 is 0 Å². The molecule has 0 aliphatic carbocycles. The van der Waals surface area contributed by atoms with E-state index in [1.54, 1.807) is 36.4 Å². The van der Waals surface area contributed by atoms with Gasteiger partial charge in [0, 0.05) is 11.3 Å². The SMILES string of the molecule is O=C(Nc1ccccc1)c1ccc(S(=O)(=O)Nc2ccccc2Cl)cc1. The van der Waals surface area contributed by atoms with Crippen LogP contribution in [-0.4, -0.2) is 14.3 Å². The fourth-order valence-corrected chi connectivity index (χ4v) is 3.58. The fourth-order valence-electron chi connectivity index (χ4n) is 2.26. The summed E-state index contributed by atoms with van der Waals surface area (Å²) in [5.74, 6) is -0.320. The fraction of sp³-hybridized carbons (Fsp3) is 0. The minimum Gasteiger partial charge on any atom is -0.322 e. The summed E-state index contributed by atoms with van der Waals surface area (Å²) in [6.45, 7) is 0. The van der Waals surface area contributed by atoms with Crippen LogP contribution in [0.3, 0.4) is 0 Å². The number of anilines is 2. The molecule has 0 aliphatic heterocycles. The largest absolute Gasteiger partial charge is 0.322 e. The molecular formula is C19H15ClN2O3S. The smallest absolute Gasteiger partial charge is 0.261 e. The van der Waals surface area contributed by atoms with E-state index in [0.29, 0.717) is 22.0 Å². The summed E-state index contributed by atoms with van der Waals surface area (Å²) in [6, 6.07) is 21.2. The zero-order valence-electron chi connectivity index (χ0n) is 13.5. The van der Waals surface area contributed by atoms with Gasteiger partial charge in [-0.2, -0.15) is 0 Å². The minimum atomic E-state index is -3.80. The molecule has 0 fully saturated rings. The average molecular weight is 387 g/mol. The molecule has 0 aliphatic rings. The Morgan fingerprint density at radius 2 is 1.42 bits per heavy atom. The summed E-state index contributed by atoms with van der Waals surface area (Å²) >= 11 is 5.98. The first kappa shape index (κ1) is 18.0. The molecule has 0 spiro atoms. The Hall–Kier alpha value is -2.83. The number of rotatable bonds is 5. The van der Waals surface area contributed by atoms with Gasteiger partial charge in [-0.05, 0) is 48.5 Å². The molecule has 0 atom stereocenters. The van der Waals surface area contributed by atoms with Crippen LogP contribution in [0.4, 0.5) is 11.4 Å². The van der Waals surface area contributed by atoms with E-state index in [4.69, 9.17) is 11.6 Å². The third-order valence-corrected chi connectivity index (χ3v) is 5.29. The zero-order chi connectivity index (χ0) is 18.6. The lowest BCUT2D eigenvalue weighted by molar-refractivity contribution is 0.102. The zero-order valence-corrected chi connectivity index (χ0v) is 15.1. The quantitative estimate of drug-likeness (QED) is 0.682. The summed E-state index contributed by atoms with van der Waals surface area (Å²) < 4.78 is 27.3. The van der Waals surface area contributed by atoms with Crippen LogP contribution in [0.25, 0.3) is 0 Å². The molecule has 3 aromatic rings. The summed E-state index contributed by atoms with van der Waals surface area (Å²) in [5, 5.41) is 3.04. The Morgan fingerprint density at radius 1 is 0.808 bits per heavy atom. The Morgan fingerprint density at radius 3 is 2.08 bits per heavy atom. The van der Waals surface area contributed by atoms with E-state index in [-0.39, 0.29) is 10.8 Å². The Balaban J connectivity index is 1.76. The molecule has 0 saturated carbocycles. The van der Waals surface area contributed by atoms with E-state index in [1.165, 1.54) is 24.3 Å². The molecule has 0 radical (unpaired) electrons. The van der Waals surface area contributed by atoms with Gasteiger partial charge in [-0.15, -0.1) is 0 Å². The van der Waals surface area contributed by atoms with Gasteiger partial charge in [0.05, 0.1) is 15.6 Å². The molecule has 3 rings (SSSR count). The van der Waals surface area contributed by atoms with Gasteiger partial charge in [0.25, 0.3) is 15.9 Å². The van der Waals surface area contributed by atoms with Crippen LogP contribution in [0.1, 0.15) is 10.4 Å². The Labute approximate surface area is 156 Å². The first-order valence-corrected chi connectivity index (χ1v) is 9.56. The molecule has 0 saturated heterocycles. The molecule has 132 valence electrons. The maximum absolute atomic E-state index is 12.5. The van der Waals surface area contributed by atoms with Crippen molar-refractivity contribution in [1.82, 2.24) is 0 Å². The number of benzene rings is 3. The van der Waals surface area contributed by atoms with Gasteiger partial charge in [0.2, 0.25) is 0 Å². The van der Waals surface area contributed by atoms with Crippen LogP contribution in [-0.2, 0) is 10.0 Å². The molecule has 1 amide bonds. The van der Waals surface area contributed by atoms with Crippen molar-refractivity contribution < 1.29 is 13.2 Å². The number of sulfonamides is 1. The van der Waals surface area contributed by atoms with E-state index in [1.807, 2.05) is 18.2 Å². The normalized spacial score (nSPS) is 11.0. The third kappa shape index (κ3) is 4.22. The van der Waals surface area contributed by atoms with Crippen LogP contribution in [0.2, 0.25) is 5.02 Å². The predicted octanol–water partition coefficient (Wildman–Crippen LogP) is 4.39. The maximum Gasteiger partial charge on any atom is 0.261 e. The van der Waals surface area contributed by atoms with Crippen molar-refractivity contribution in [2.75, 3.05) is 10.0 Å². The van der Waals surface area contributed by atoms with Crippen molar-refractivity contribution in [3.8, 4) is 0 Å². The number of hydrogen-bond acceptors (Lipinski definition) is 3. The number of para-hydroxylation sites is 2. The maximum atomic E-state index is 12.5. The van der Waals surface area contributed by atoms with E-state index in [2.05, 4.69) is 10.0 Å². The van der Waals surface area contributed by atoms with E-state index in [0.717, 1.165) is 0 Å². The second-order valence-electron chi connectivity index (χ2n) is 5.43. The summed E-state index contributed by atoms with van der Waals surface area (Å²) in [6.07, 6.45) is 0. The first-order valence-electron chi connectivity index (χ1n) is 7.69. The third-order valence-electron chi connectivity index (χ3n) is 3.58. The number of carbonyl (C=O) groups excluding carboxylic acids is 1. The summed E-state index contributed by atoms with van der Waals surface area (Å²) in [4.78, 5) is 12.3. The lowest BCUT2D eigenvalue weighted by atomic mass is 10.2. The second-order valence-corrected chi connectivity index (χ2v) is 7.52. The van der Waals surface area contributed by atoms with Crippen molar-refractivity contribution in [2.45, 2.75) is 4.90 Å². The molecule has 5 nitrogen and oxygen atoms in total. The molecule has 0 aromatic heterocycles. The van der Waals surface area contributed by atoms with Crippen molar-refractivity contribution >= 4 is 38.9 Å². The molecule has 0 bridgehead atoms. The molecule has 0 unspecified atom stereocenters. The number of carbonyl (C=O) groups is 1. The molecule has 2 N–H and O–H groups in total. The highest BCUT2D eigenvalue weighted by Gasteiger charge is 2.16. The van der Waals surface area contributed by atoms with Crippen molar-refractivity contribution in [1.29, 1.82) is 0 Å². The van der Waals surface area contributed by atoms with Crippen molar-refractivity contribution in [3.63, 3.8) is 0 Å². The van der Waals surface area contributed by atoms with E-state index < -0.39 is 10.0 Å². The molecule has 0 heterocycles. The topological polar surface area (TPSA) is 75.3 Å². The first-order chi connectivity index (χ1) is 12.5. The van der Waals surface area contributed by atoms with Gasteiger partial charge in [0.1, 0.15) is 0 Å². The summed E-state index contributed by atoms with van der Waals surface area (Å²) in [5.41, 5.74) is 1.31. The monoisotopic (exact) mass is 386 g/mol. The van der Waals surface area contributed by atoms with Crippen molar-refractivity contribution in [3.05, 3.63) is 89.4 Å². The second kappa shape index (κ2) is 7.59. The van der Waals surface area contributed by atoms with E-state index >= 15 is 0 Å². The number of halogens is 1. The van der Waals surface area contributed by atoms with Crippen LogP contribution < -0.4 is 10.0 Å². The van der Waals surface area contributed by atoms with Crippen LogP contribution >= 0.6 is 11.6 Å². The van der Waals surface area contributed by atoms with Crippen LogP contribution in [0, 0.1) is 0 Å². The van der Waals surface area contributed by atoms with Gasteiger partial charge in [0.15, 0.2) is 0 Å². The molecule has 7 heteroatoms. The molecular weight excluding hydrogens is 372 g/mol. The van der Waals surface area contributed by atoms with Crippen molar-refractivity contribution in [2.24, 2.45) is 0 Å². The van der Waals surface area contributed by atoms with Gasteiger partial charge in [-0.3, -0.25) is 9.52 Å². The highest BCUT2D eigenvalue weighted by atomic mass is 35.5. The molecule has 26 heavy (non-hydrogen) atoms. The van der Waals surface area contributed by atoms with Gasteiger partial charge in [-0.25, -0.2) is 8.42 Å². The highest BCUT2D eigenvalue weighted by molar-refractivity contribution is 7.92. The highest BCUT2D eigenvalue weighted by Crippen LogP contribution is 2.24. The Bertz CT molecular complexity index is 1020.